The fourth-order valence-electron chi connectivity index (χ4n) is 1.91. The number of rotatable bonds is 4. The monoisotopic (exact) mass is 329 g/mol. The fourth-order valence-corrected chi connectivity index (χ4v) is 3.27. The van der Waals surface area contributed by atoms with Crippen molar-refractivity contribution >= 4 is 33.8 Å². The Morgan fingerprint density at radius 1 is 1.18 bits per heavy atom. The van der Waals surface area contributed by atoms with Gasteiger partial charge in [-0.1, -0.05) is 35.9 Å². The van der Waals surface area contributed by atoms with E-state index in [-0.39, 0.29) is 6.03 Å². The van der Waals surface area contributed by atoms with Crippen LogP contribution in [-0.4, -0.2) is 11.0 Å². The molecule has 2 N–H and O–H groups in total. The number of hydrogen-bond donors (Lipinski definition) is 2. The molecule has 0 unspecified atom stereocenters. The van der Waals surface area contributed by atoms with Crippen molar-refractivity contribution in [2.24, 2.45) is 0 Å². The fraction of sp³-hybridized carbons (Fsp3) is 0.125. The zero-order valence-electron chi connectivity index (χ0n) is 12.0. The second-order valence-corrected chi connectivity index (χ2v) is 6.68. The Morgan fingerprint density at radius 3 is 2.73 bits per heavy atom. The maximum atomic E-state index is 11.8. The molecular formula is C16H15N3OS2. The predicted octanol–water partition coefficient (Wildman–Crippen LogP) is 4.50. The van der Waals surface area contributed by atoms with Gasteiger partial charge in [-0.2, -0.15) is 0 Å². The van der Waals surface area contributed by atoms with Crippen molar-refractivity contribution in [3.05, 3.63) is 57.6 Å². The molecule has 3 rings (SSSR count). The molecule has 2 aromatic heterocycles. The number of carbonyl (C=O) groups is 1. The average Bonchev–Trinajstić information content (AvgIpc) is 3.17. The van der Waals surface area contributed by atoms with Crippen molar-refractivity contribution < 1.29 is 4.79 Å². The summed E-state index contributed by atoms with van der Waals surface area (Å²) in [7, 11) is 0. The van der Waals surface area contributed by atoms with Gasteiger partial charge in [0.25, 0.3) is 0 Å². The van der Waals surface area contributed by atoms with E-state index in [0.29, 0.717) is 11.7 Å². The number of anilines is 1. The number of carbonyl (C=O) groups excluding carboxylic acids is 1. The molecule has 0 saturated heterocycles. The first kappa shape index (κ1) is 14.7. The second-order valence-electron chi connectivity index (χ2n) is 4.79. The minimum Gasteiger partial charge on any atom is -0.333 e. The average molecular weight is 329 g/mol. The van der Waals surface area contributed by atoms with Gasteiger partial charge in [-0.15, -0.1) is 22.7 Å². The highest BCUT2D eigenvalue weighted by atomic mass is 32.1. The van der Waals surface area contributed by atoms with Gasteiger partial charge in [0.2, 0.25) is 0 Å². The highest BCUT2D eigenvalue weighted by Crippen LogP contribution is 2.25. The highest BCUT2D eigenvalue weighted by molar-refractivity contribution is 7.14. The summed E-state index contributed by atoms with van der Waals surface area (Å²) in [5, 5.41) is 10.1. The van der Waals surface area contributed by atoms with Crippen molar-refractivity contribution in [3.8, 4) is 11.3 Å². The molecule has 0 saturated carbocycles. The van der Waals surface area contributed by atoms with Crippen molar-refractivity contribution in [1.82, 2.24) is 10.3 Å². The number of hydrogen-bond acceptors (Lipinski definition) is 4. The predicted molar refractivity (Wildman–Crippen MR) is 92.5 cm³/mol. The Hall–Kier alpha value is -2.18. The molecule has 0 spiro atoms. The summed E-state index contributed by atoms with van der Waals surface area (Å²) in [4.78, 5) is 17.4. The van der Waals surface area contributed by atoms with E-state index in [1.165, 1.54) is 16.9 Å². The molecule has 2 heterocycles. The van der Waals surface area contributed by atoms with E-state index in [2.05, 4.69) is 34.7 Å². The van der Waals surface area contributed by atoms with Crippen LogP contribution in [-0.2, 0) is 6.54 Å². The van der Waals surface area contributed by atoms with Gasteiger partial charge in [-0.05, 0) is 18.4 Å². The number of amides is 2. The zero-order chi connectivity index (χ0) is 15.4. The largest absolute Gasteiger partial charge is 0.333 e. The number of nitrogens with zero attached hydrogens (tertiary/aromatic N) is 1. The van der Waals surface area contributed by atoms with Gasteiger partial charge in [0.1, 0.15) is 0 Å². The minimum atomic E-state index is -0.238. The van der Waals surface area contributed by atoms with Crippen LogP contribution in [0.3, 0.4) is 0 Å². The lowest BCUT2D eigenvalue weighted by Crippen LogP contribution is -2.27. The quantitative estimate of drug-likeness (QED) is 0.740. The molecule has 0 aliphatic rings. The number of nitrogens with one attached hydrogen (secondary N) is 2. The molecule has 3 aromatic rings. The van der Waals surface area contributed by atoms with Gasteiger partial charge in [0, 0.05) is 15.8 Å². The number of aromatic nitrogens is 1. The van der Waals surface area contributed by atoms with E-state index in [1.807, 2.05) is 35.0 Å². The summed E-state index contributed by atoms with van der Waals surface area (Å²) in [5.41, 5.74) is 3.14. The maximum absolute atomic E-state index is 11.8. The zero-order valence-corrected chi connectivity index (χ0v) is 13.6. The topological polar surface area (TPSA) is 54.0 Å². The molecular weight excluding hydrogens is 314 g/mol. The molecule has 22 heavy (non-hydrogen) atoms. The van der Waals surface area contributed by atoms with Crippen LogP contribution >= 0.6 is 22.7 Å². The van der Waals surface area contributed by atoms with Crippen LogP contribution in [0.15, 0.2) is 47.2 Å². The van der Waals surface area contributed by atoms with E-state index in [9.17, 15) is 4.79 Å². The van der Waals surface area contributed by atoms with E-state index in [4.69, 9.17) is 0 Å². The Bertz CT molecular complexity index is 748. The number of aryl methyl sites for hydroxylation is 1. The standard InChI is InChI=1S/C16H15N3OS2/c1-11-4-6-12(7-5-11)14-10-22-16(18-14)19-15(20)17-9-13-3-2-8-21-13/h2-8,10H,9H2,1H3,(H2,17,18,19,20). The van der Waals surface area contributed by atoms with Crippen molar-refractivity contribution in [2.75, 3.05) is 5.32 Å². The molecule has 6 heteroatoms. The lowest BCUT2D eigenvalue weighted by atomic mass is 10.1. The third-order valence-corrected chi connectivity index (χ3v) is 4.71. The highest BCUT2D eigenvalue weighted by Gasteiger charge is 2.08. The molecule has 4 nitrogen and oxygen atoms in total. The Balaban J connectivity index is 1.59. The van der Waals surface area contributed by atoms with E-state index >= 15 is 0 Å². The van der Waals surface area contributed by atoms with Crippen molar-refractivity contribution in [2.45, 2.75) is 13.5 Å². The van der Waals surface area contributed by atoms with Gasteiger partial charge >= 0.3 is 6.03 Å². The first-order valence-electron chi connectivity index (χ1n) is 6.80. The molecule has 1 aromatic carbocycles. The number of urea groups is 1. The molecule has 0 aliphatic heterocycles. The summed E-state index contributed by atoms with van der Waals surface area (Å²) >= 11 is 3.04. The van der Waals surface area contributed by atoms with Crippen LogP contribution in [0.5, 0.6) is 0 Å². The first-order chi connectivity index (χ1) is 10.7. The smallest absolute Gasteiger partial charge is 0.321 e. The van der Waals surface area contributed by atoms with Gasteiger partial charge in [-0.3, -0.25) is 5.32 Å². The Labute approximate surface area is 136 Å². The lowest BCUT2D eigenvalue weighted by molar-refractivity contribution is 0.252. The summed E-state index contributed by atoms with van der Waals surface area (Å²) in [6.07, 6.45) is 0. The third kappa shape index (κ3) is 3.72. The Kier molecular flexibility index (Phi) is 4.50. The third-order valence-electron chi connectivity index (χ3n) is 3.08. The van der Waals surface area contributed by atoms with Crippen LogP contribution in [0.2, 0.25) is 0 Å². The molecule has 0 radical (unpaired) electrons. The van der Waals surface area contributed by atoms with Crippen LogP contribution in [0.1, 0.15) is 10.4 Å². The summed E-state index contributed by atoms with van der Waals surface area (Å²) in [6, 6.07) is 11.9. The van der Waals surface area contributed by atoms with E-state index < -0.39 is 0 Å². The molecule has 0 bridgehead atoms. The van der Waals surface area contributed by atoms with Crippen molar-refractivity contribution in [3.63, 3.8) is 0 Å². The Morgan fingerprint density at radius 2 is 2.00 bits per heavy atom. The van der Waals surface area contributed by atoms with E-state index in [0.717, 1.165) is 16.1 Å². The van der Waals surface area contributed by atoms with Gasteiger partial charge in [0.05, 0.1) is 12.2 Å². The summed E-state index contributed by atoms with van der Waals surface area (Å²) in [6.45, 7) is 2.58. The van der Waals surface area contributed by atoms with E-state index in [1.54, 1.807) is 11.3 Å². The molecule has 0 atom stereocenters. The summed E-state index contributed by atoms with van der Waals surface area (Å²) < 4.78 is 0. The molecule has 112 valence electrons. The normalized spacial score (nSPS) is 10.4. The number of thiophene rings is 1. The first-order valence-corrected chi connectivity index (χ1v) is 8.56. The maximum Gasteiger partial charge on any atom is 0.321 e. The van der Waals surface area contributed by atoms with Crippen molar-refractivity contribution in [1.29, 1.82) is 0 Å². The van der Waals surface area contributed by atoms with Gasteiger partial charge in [-0.25, -0.2) is 9.78 Å². The minimum absolute atomic E-state index is 0.238. The number of thiazole rings is 1. The SMILES string of the molecule is Cc1ccc(-c2csc(NC(=O)NCc3cccs3)n2)cc1. The summed E-state index contributed by atoms with van der Waals surface area (Å²) in [5.74, 6) is 0. The molecule has 0 fully saturated rings. The van der Waals surface area contributed by atoms with Crippen LogP contribution in [0.25, 0.3) is 11.3 Å². The van der Waals surface area contributed by atoms with Crippen LogP contribution < -0.4 is 10.6 Å². The van der Waals surface area contributed by atoms with Crippen LogP contribution in [0.4, 0.5) is 9.93 Å². The van der Waals surface area contributed by atoms with Gasteiger partial charge in [0.15, 0.2) is 5.13 Å². The lowest BCUT2D eigenvalue weighted by Gasteiger charge is -2.03. The molecule has 0 aliphatic carbocycles. The van der Waals surface area contributed by atoms with Gasteiger partial charge < -0.3 is 5.32 Å². The second kappa shape index (κ2) is 6.72. The molecule has 2 amide bonds. The number of benzene rings is 1. The van der Waals surface area contributed by atoms with Crippen LogP contribution in [0, 0.1) is 6.92 Å².